The zero-order chi connectivity index (χ0) is 19.4. The van der Waals surface area contributed by atoms with Gasteiger partial charge in [0.25, 0.3) is 0 Å². The van der Waals surface area contributed by atoms with Crippen molar-refractivity contribution in [3.8, 4) is 11.5 Å². The van der Waals surface area contributed by atoms with E-state index in [1.54, 1.807) is 12.3 Å². The zero-order valence-electron chi connectivity index (χ0n) is 15.1. The van der Waals surface area contributed by atoms with Crippen LogP contribution < -0.4 is 14.2 Å². The summed E-state index contributed by atoms with van der Waals surface area (Å²) in [6.07, 6.45) is 1.71. The van der Waals surface area contributed by atoms with E-state index in [9.17, 15) is 8.42 Å². The van der Waals surface area contributed by atoms with E-state index >= 15 is 0 Å². The zero-order valence-corrected chi connectivity index (χ0v) is 15.9. The van der Waals surface area contributed by atoms with E-state index in [0.717, 1.165) is 11.3 Å². The summed E-state index contributed by atoms with van der Waals surface area (Å²) in [5.74, 6) is 0.800. The highest BCUT2D eigenvalue weighted by atomic mass is 32.2. The van der Waals surface area contributed by atoms with Crippen LogP contribution in [0.3, 0.4) is 0 Å². The molecule has 2 heterocycles. The maximum absolute atomic E-state index is 12.9. The predicted molar refractivity (Wildman–Crippen MR) is 105 cm³/mol. The Hall–Kier alpha value is -2.90. The Kier molecular flexibility index (Phi) is 5.27. The van der Waals surface area contributed by atoms with E-state index in [1.807, 2.05) is 48.5 Å². The van der Waals surface area contributed by atoms with E-state index in [2.05, 4.69) is 9.71 Å². The molecule has 1 unspecified atom stereocenters. The van der Waals surface area contributed by atoms with Gasteiger partial charge in [-0.2, -0.15) is 0 Å². The molecule has 144 valence electrons. The smallest absolute Gasteiger partial charge is 0.240 e. The molecule has 0 saturated carbocycles. The maximum atomic E-state index is 12.9. The lowest BCUT2D eigenvalue weighted by molar-refractivity contribution is 0.171. The van der Waals surface area contributed by atoms with E-state index in [-0.39, 0.29) is 17.4 Å². The number of benzene rings is 2. The van der Waals surface area contributed by atoms with Gasteiger partial charge in [0.1, 0.15) is 13.2 Å². The monoisotopic (exact) mass is 396 g/mol. The summed E-state index contributed by atoms with van der Waals surface area (Å²) in [6, 6.07) is 20.0. The highest BCUT2D eigenvalue weighted by Gasteiger charge is 2.22. The molecular weight excluding hydrogens is 376 g/mol. The van der Waals surface area contributed by atoms with Gasteiger partial charge < -0.3 is 9.47 Å². The highest BCUT2D eigenvalue weighted by molar-refractivity contribution is 7.89. The van der Waals surface area contributed by atoms with Crippen molar-refractivity contribution < 1.29 is 17.9 Å². The van der Waals surface area contributed by atoms with E-state index in [4.69, 9.17) is 9.47 Å². The predicted octanol–water partition coefficient (Wildman–Crippen LogP) is 2.96. The maximum Gasteiger partial charge on any atom is 0.240 e. The van der Waals surface area contributed by atoms with Crippen LogP contribution in [0.1, 0.15) is 17.2 Å². The molecule has 0 amide bonds. The third kappa shape index (κ3) is 4.00. The summed E-state index contributed by atoms with van der Waals surface area (Å²) >= 11 is 0. The SMILES string of the molecule is O=S(=O)(NCC(c1ccccc1)c1ccccn1)c1ccc2c(c1)OCCO2. The molecule has 28 heavy (non-hydrogen) atoms. The average Bonchev–Trinajstić information content (AvgIpc) is 2.75. The number of ether oxygens (including phenoxy) is 2. The molecule has 6 nitrogen and oxygen atoms in total. The molecule has 1 atom stereocenters. The summed E-state index contributed by atoms with van der Waals surface area (Å²) in [6.45, 7) is 1.05. The fourth-order valence-electron chi connectivity index (χ4n) is 3.13. The third-order valence-corrected chi connectivity index (χ3v) is 5.97. The molecule has 1 aliphatic heterocycles. The third-order valence-electron chi connectivity index (χ3n) is 4.55. The lowest BCUT2D eigenvalue weighted by Crippen LogP contribution is -2.29. The molecule has 4 rings (SSSR count). The minimum Gasteiger partial charge on any atom is -0.486 e. The Morgan fingerprint density at radius 1 is 0.929 bits per heavy atom. The van der Waals surface area contributed by atoms with Crippen molar-refractivity contribution >= 4 is 10.0 Å². The summed E-state index contributed by atoms with van der Waals surface area (Å²) in [4.78, 5) is 4.56. The molecule has 0 spiro atoms. The first kappa shape index (κ1) is 18.5. The van der Waals surface area contributed by atoms with Crippen molar-refractivity contribution in [2.24, 2.45) is 0 Å². The van der Waals surface area contributed by atoms with Gasteiger partial charge in [0.05, 0.1) is 4.90 Å². The molecule has 2 aromatic carbocycles. The number of aromatic nitrogens is 1. The van der Waals surface area contributed by atoms with Crippen LogP contribution in [-0.4, -0.2) is 33.2 Å². The largest absolute Gasteiger partial charge is 0.486 e. The van der Waals surface area contributed by atoms with Crippen molar-refractivity contribution in [2.45, 2.75) is 10.8 Å². The van der Waals surface area contributed by atoms with Crippen LogP contribution >= 0.6 is 0 Å². The lowest BCUT2D eigenvalue weighted by Gasteiger charge is -2.20. The Bertz CT molecular complexity index is 1000. The molecule has 0 aliphatic carbocycles. The lowest BCUT2D eigenvalue weighted by atomic mass is 9.95. The van der Waals surface area contributed by atoms with Gasteiger partial charge in [0.15, 0.2) is 11.5 Å². The summed E-state index contributed by atoms with van der Waals surface area (Å²) in [5, 5.41) is 0. The van der Waals surface area contributed by atoms with Gasteiger partial charge in [-0.25, -0.2) is 13.1 Å². The number of pyridine rings is 1. The van der Waals surface area contributed by atoms with Gasteiger partial charge in [-0.05, 0) is 29.8 Å². The number of hydrogen-bond acceptors (Lipinski definition) is 5. The van der Waals surface area contributed by atoms with Crippen molar-refractivity contribution in [3.05, 3.63) is 84.2 Å². The fraction of sp³-hybridized carbons (Fsp3) is 0.190. The Balaban J connectivity index is 1.58. The van der Waals surface area contributed by atoms with Gasteiger partial charge in [-0.15, -0.1) is 0 Å². The van der Waals surface area contributed by atoms with Crippen LogP contribution in [0.15, 0.2) is 77.8 Å². The number of rotatable bonds is 6. The van der Waals surface area contributed by atoms with Crippen molar-refractivity contribution in [1.29, 1.82) is 0 Å². The fourth-order valence-corrected chi connectivity index (χ4v) is 4.19. The number of sulfonamides is 1. The molecule has 0 saturated heterocycles. The second-order valence-electron chi connectivity index (χ2n) is 6.38. The number of nitrogens with one attached hydrogen (secondary N) is 1. The molecule has 1 aromatic heterocycles. The first-order valence-corrected chi connectivity index (χ1v) is 10.5. The number of nitrogens with zero attached hydrogens (tertiary/aromatic N) is 1. The van der Waals surface area contributed by atoms with E-state index in [1.165, 1.54) is 12.1 Å². The van der Waals surface area contributed by atoms with Crippen LogP contribution in [0.25, 0.3) is 0 Å². The van der Waals surface area contributed by atoms with Crippen molar-refractivity contribution in [1.82, 2.24) is 9.71 Å². The first-order valence-electron chi connectivity index (χ1n) is 8.99. The van der Waals surface area contributed by atoms with Gasteiger partial charge in [0.2, 0.25) is 10.0 Å². The normalized spacial score (nSPS) is 14.4. The summed E-state index contributed by atoms with van der Waals surface area (Å²) in [5.41, 5.74) is 1.80. The minimum absolute atomic E-state index is 0.143. The van der Waals surface area contributed by atoms with Gasteiger partial charge in [0, 0.05) is 30.4 Å². The molecule has 1 N–H and O–H groups in total. The Labute approximate surface area is 164 Å². The van der Waals surface area contributed by atoms with Crippen LogP contribution in [0.4, 0.5) is 0 Å². The second-order valence-corrected chi connectivity index (χ2v) is 8.14. The second kappa shape index (κ2) is 8.00. The topological polar surface area (TPSA) is 77.5 Å². The van der Waals surface area contributed by atoms with Crippen LogP contribution in [0.2, 0.25) is 0 Å². The number of fused-ring (bicyclic) bond motifs is 1. The molecule has 7 heteroatoms. The highest BCUT2D eigenvalue weighted by Crippen LogP contribution is 2.32. The molecule has 0 fully saturated rings. The van der Waals surface area contributed by atoms with Crippen LogP contribution in [0.5, 0.6) is 11.5 Å². The molecule has 3 aromatic rings. The van der Waals surface area contributed by atoms with Crippen LogP contribution in [0, 0.1) is 0 Å². The molecular formula is C21H20N2O4S. The van der Waals surface area contributed by atoms with Gasteiger partial charge in [-0.1, -0.05) is 36.4 Å². The Morgan fingerprint density at radius 3 is 2.43 bits per heavy atom. The standard InChI is InChI=1S/C21H20N2O4S/c24-28(25,17-9-10-20-21(14-17)27-13-12-26-20)23-15-18(16-6-2-1-3-7-16)19-8-4-5-11-22-19/h1-11,14,18,23H,12-13,15H2. The van der Waals surface area contributed by atoms with Crippen molar-refractivity contribution in [2.75, 3.05) is 19.8 Å². The van der Waals surface area contributed by atoms with Crippen LogP contribution in [-0.2, 0) is 10.0 Å². The summed E-state index contributed by atoms with van der Waals surface area (Å²) in [7, 11) is -3.72. The van der Waals surface area contributed by atoms with Crippen molar-refractivity contribution in [3.63, 3.8) is 0 Å². The quantitative estimate of drug-likeness (QED) is 0.693. The Morgan fingerprint density at radius 2 is 1.68 bits per heavy atom. The molecule has 0 bridgehead atoms. The van der Waals surface area contributed by atoms with E-state index in [0.29, 0.717) is 24.7 Å². The number of hydrogen-bond donors (Lipinski definition) is 1. The van der Waals surface area contributed by atoms with Gasteiger partial charge in [-0.3, -0.25) is 4.98 Å². The average molecular weight is 396 g/mol. The first-order chi connectivity index (χ1) is 13.6. The molecule has 1 aliphatic rings. The summed E-state index contributed by atoms with van der Waals surface area (Å²) < 4.78 is 39.4. The molecule has 0 radical (unpaired) electrons. The van der Waals surface area contributed by atoms with Gasteiger partial charge >= 0.3 is 0 Å². The minimum atomic E-state index is -3.72. The van der Waals surface area contributed by atoms with E-state index < -0.39 is 10.0 Å².